The summed E-state index contributed by atoms with van der Waals surface area (Å²) >= 11 is 0. The second-order valence-corrected chi connectivity index (χ2v) is 13.8. The van der Waals surface area contributed by atoms with Crippen molar-refractivity contribution in [2.75, 3.05) is 25.4 Å². The predicted molar refractivity (Wildman–Crippen MR) is 151 cm³/mol. The summed E-state index contributed by atoms with van der Waals surface area (Å²) in [5.41, 5.74) is 1.76. The van der Waals surface area contributed by atoms with Gasteiger partial charge in [0.2, 0.25) is 15.9 Å². The van der Waals surface area contributed by atoms with E-state index in [1.807, 2.05) is 69.3 Å². The third-order valence-corrected chi connectivity index (χ3v) is 9.43. The van der Waals surface area contributed by atoms with Gasteiger partial charge in [0, 0.05) is 32.0 Å². The number of benzene rings is 2. The topological polar surface area (TPSA) is 106 Å². The van der Waals surface area contributed by atoms with Crippen LogP contribution < -0.4 is 0 Å². The second-order valence-electron chi connectivity index (χ2n) is 11.8. The number of ether oxygens (including phenoxy) is 1. The molecule has 3 aromatic rings. The third-order valence-electron chi connectivity index (χ3n) is 7.42. The highest BCUT2D eigenvalue weighted by Crippen LogP contribution is 2.42. The Morgan fingerprint density at radius 3 is 2.35 bits per heavy atom. The van der Waals surface area contributed by atoms with Crippen LogP contribution in [-0.4, -0.2) is 64.8 Å². The maximum absolute atomic E-state index is 13.7. The molecular weight excluding hydrogens is 528 g/mol. The summed E-state index contributed by atoms with van der Waals surface area (Å²) < 4.78 is 40.1. The molecule has 2 fully saturated rings. The quantitative estimate of drug-likeness (QED) is 0.360. The lowest BCUT2D eigenvalue weighted by Gasteiger charge is -2.40. The number of likely N-dealkylation sites (tertiary alicyclic amines) is 1. The first-order valence-corrected chi connectivity index (χ1v) is 15.6. The van der Waals surface area contributed by atoms with Gasteiger partial charge in [-0.3, -0.25) is 0 Å². The van der Waals surface area contributed by atoms with Crippen molar-refractivity contribution in [3.05, 3.63) is 83.5 Å². The molecule has 0 radical (unpaired) electrons. The van der Waals surface area contributed by atoms with Crippen molar-refractivity contribution >= 4 is 16.1 Å². The molecule has 1 aromatic heterocycles. The summed E-state index contributed by atoms with van der Waals surface area (Å²) in [6, 6.07) is 19.7. The molecule has 1 amide bonds. The molecule has 0 bridgehead atoms. The Kier molecular flexibility index (Phi) is 8.28. The SMILES string of the molecule is CC(C)(C)OC(=O)N1CC(CS(=O)(=O)N2C[C@H](c3ccccc3)C[C@H]2c2nc(CCCc3ccccc3)no2)C1. The minimum absolute atomic E-state index is 0.0223. The number of aryl methyl sites for hydroxylation is 2. The molecule has 0 saturated carbocycles. The van der Waals surface area contributed by atoms with Crippen LogP contribution in [0.5, 0.6) is 0 Å². The molecule has 214 valence electrons. The highest BCUT2D eigenvalue weighted by Gasteiger charge is 2.46. The van der Waals surface area contributed by atoms with Crippen LogP contribution >= 0.6 is 0 Å². The van der Waals surface area contributed by atoms with E-state index in [0.717, 1.165) is 18.4 Å². The van der Waals surface area contributed by atoms with Crippen LogP contribution in [-0.2, 0) is 27.6 Å². The van der Waals surface area contributed by atoms with Crippen LogP contribution in [0.25, 0.3) is 0 Å². The molecule has 2 aromatic carbocycles. The monoisotopic (exact) mass is 566 g/mol. The zero-order chi connectivity index (χ0) is 28.3. The Labute approximate surface area is 236 Å². The van der Waals surface area contributed by atoms with E-state index in [4.69, 9.17) is 9.26 Å². The van der Waals surface area contributed by atoms with Crippen LogP contribution in [0.3, 0.4) is 0 Å². The fourth-order valence-electron chi connectivity index (χ4n) is 5.45. The molecule has 10 heteroatoms. The molecule has 2 aliphatic heterocycles. The standard InChI is InChI=1S/C30H38N4O5S/c1-30(2,3)38-29(35)33-18-23(19-33)21-40(36,37)34-20-25(24-14-8-5-9-15-24)17-26(34)28-31-27(32-39-28)16-10-13-22-11-6-4-7-12-22/h4-9,11-12,14-15,23,25-26H,10,13,16-21H2,1-3H3/t25-,26+/m1/s1. The molecule has 5 rings (SSSR count). The van der Waals surface area contributed by atoms with Crippen LogP contribution in [0, 0.1) is 5.92 Å². The number of rotatable bonds is 9. The third kappa shape index (κ3) is 6.90. The molecule has 2 aliphatic rings. The van der Waals surface area contributed by atoms with Gasteiger partial charge in [0.25, 0.3) is 0 Å². The van der Waals surface area contributed by atoms with Gasteiger partial charge in [-0.05, 0) is 57.1 Å². The van der Waals surface area contributed by atoms with E-state index >= 15 is 0 Å². The predicted octanol–water partition coefficient (Wildman–Crippen LogP) is 4.97. The second kappa shape index (κ2) is 11.7. The number of sulfonamides is 1. The van der Waals surface area contributed by atoms with E-state index in [9.17, 15) is 13.2 Å². The van der Waals surface area contributed by atoms with Gasteiger partial charge in [-0.2, -0.15) is 9.29 Å². The summed E-state index contributed by atoms with van der Waals surface area (Å²) in [5.74, 6) is 0.779. The highest BCUT2D eigenvalue weighted by atomic mass is 32.2. The number of carbonyl (C=O) groups is 1. The fourth-order valence-corrected chi connectivity index (χ4v) is 7.42. The molecule has 0 N–H and O–H groups in total. The normalized spacial score (nSPS) is 20.4. The van der Waals surface area contributed by atoms with Crippen LogP contribution in [0.4, 0.5) is 4.79 Å². The van der Waals surface area contributed by atoms with E-state index in [0.29, 0.717) is 44.2 Å². The summed E-state index contributed by atoms with van der Waals surface area (Å²) in [7, 11) is -3.66. The number of hydrogen-bond donors (Lipinski definition) is 0. The Morgan fingerprint density at radius 1 is 1.00 bits per heavy atom. The maximum Gasteiger partial charge on any atom is 0.410 e. The smallest absolute Gasteiger partial charge is 0.410 e. The number of hydrogen-bond acceptors (Lipinski definition) is 7. The van der Waals surface area contributed by atoms with Crippen molar-refractivity contribution in [2.45, 2.75) is 64.0 Å². The van der Waals surface area contributed by atoms with Gasteiger partial charge in [0.1, 0.15) is 11.6 Å². The van der Waals surface area contributed by atoms with Crippen LogP contribution in [0.1, 0.15) is 68.4 Å². The minimum atomic E-state index is -3.66. The number of carbonyl (C=O) groups excluding carboxylic acids is 1. The first-order valence-electron chi connectivity index (χ1n) is 14.0. The lowest BCUT2D eigenvalue weighted by atomic mass is 9.96. The Balaban J connectivity index is 1.26. The van der Waals surface area contributed by atoms with E-state index in [1.165, 1.54) is 5.56 Å². The highest BCUT2D eigenvalue weighted by molar-refractivity contribution is 7.89. The van der Waals surface area contributed by atoms with E-state index < -0.39 is 27.8 Å². The van der Waals surface area contributed by atoms with Crippen LogP contribution in [0.15, 0.2) is 65.2 Å². The van der Waals surface area contributed by atoms with Gasteiger partial charge in [-0.25, -0.2) is 13.2 Å². The van der Waals surface area contributed by atoms with Crippen molar-refractivity contribution in [3.63, 3.8) is 0 Å². The fraction of sp³-hybridized carbons (Fsp3) is 0.500. The van der Waals surface area contributed by atoms with Crippen molar-refractivity contribution < 1.29 is 22.5 Å². The van der Waals surface area contributed by atoms with Crippen molar-refractivity contribution in [2.24, 2.45) is 5.92 Å². The van der Waals surface area contributed by atoms with Crippen LogP contribution in [0.2, 0.25) is 0 Å². The summed E-state index contributed by atoms with van der Waals surface area (Å²) in [6.45, 7) is 6.52. The van der Waals surface area contributed by atoms with Gasteiger partial charge in [0.05, 0.1) is 5.75 Å². The largest absolute Gasteiger partial charge is 0.444 e. The number of nitrogens with zero attached hydrogens (tertiary/aromatic N) is 4. The van der Waals surface area contributed by atoms with Crippen molar-refractivity contribution in [3.8, 4) is 0 Å². The van der Waals surface area contributed by atoms with Gasteiger partial charge in [-0.1, -0.05) is 65.8 Å². The van der Waals surface area contributed by atoms with Gasteiger partial charge in [0.15, 0.2) is 5.82 Å². The van der Waals surface area contributed by atoms with Crippen molar-refractivity contribution in [1.82, 2.24) is 19.3 Å². The molecule has 2 saturated heterocycles. The zero-order valence-electron chi connectivity index (χ0n) is 23.4. The molecule has 0 spiro atoms. The van der Waals surface area contributed by atoms with Gasteiger partial charge >= 0.3 is 6.09 Å². The lowest BCUT2D eigenvalue weighted by molar-refractivity contribution is 0.00177. The maximum atomic E-state index is 13.7. The van der Waals surface area contributed by atoms with E-state index in [2.05, 4.69) is 22.3 Å². The molecule has 2 atom stereocenters. The van der Waals surface area contributed by atoms with Crippen molar-refractivity contribution in [1.29, 1.82) is 0 Å². The molecule has 3 heterocycles. The Bertz CT molecular complexity index is 1380. The Hall–Kier alpha value is -3.24. The van der Waals surface area contributed by atoms with Gasteiger partial charge in [-0.15, -0.1) is 0 Å². The molecule has 0 aliphatic carbocycles. The Morgan fingerprint density at radius 2 is 1.68 bits per heavy atom. The zero-order valence-corrected chi connectivity index (χ0v) is 24.2. The van der Waals surface area contributed by atoms with E-state index in [-0.39, 0.29) is 17.6 Å². The first kappa shape index (κ1) is 28.3. The lowest BCUT2D eigenvalue weighted by Crippen LogP contribution is -2.54. The average molecular weight is 567 g/mol. The van der Waals surface area contributed by atoms with Gasteiger partial charge < -0.3 is 14.2 Å². The molecule has 0 unspecified atom stereocenters. The summed E-state index contributed by atoms with van der Waals surface area (Å²) in [4.78, 5) is 18.5. The summed E-state index contributed by atoms with van der Waals surface area (Å²) in [5, 5.41) is 4.19. The average Bonchev–Trinajstić information content (AvgIpc) is 3.54. The minimum Gasteiger partial charge on any atom is -0.444 e. The molecule has 40 heavy (non-hydrogen) atoms. The summed E-state index contributed by atoms with van der Waals surface area (Å²) in [6.07, 6.45) is 2.60. The molecule has 9 nitrogen and oxygen atoms in total. The van der Waals surface area contributed by atoms with E-state index in [1.54, 1.807) is 9.21 Å². The first-order chi connectivity index (χ1) is 19.1. The number of amides is 1. The number of aromatic nitrogens is 2. The molecular formula is C30H38N4O5S.